The number of hydrogen-bond acceptors (Lipinski definition) is 3. The second-order valence-corrected chi connectivity index (χ2v) is 4.73. The number of rotatable bonds is 4. The Balaban J connectivity index is 3.01. The monoisotopic (exact) mass is 282 g/mol. The van der Waals surface area contributed by atoms with Crippen LogP contribution in [0.1, 0.15) is 24.5 Å². The third-order valence-electron chi connectivity index (χ3n) is 2.28. The maximum Gasteiger partial charge on any atom is 0.287 e. The quantitative estimate of drug-likeness (QED) is 0.484. The highest BCUT2D eigenvalue weighted by molar-refractivity contribution is 9.09. The molecule has 0 fully saturated rings. The van der Waals surface area contributed by atoms with Crippen molar-refractivity contribution in [2.24, 2.45) is 0 Å². The van der Waals surface area contributed by atoms with Gasteiger partial charge in [0.2, 0.25) is 0 Å². The molecule has 1 aromatic carbocycles. The summed E-state index contributed by atoms with van der Waals surface area (Å²) in [7, 11) is 0. The minimum absolute atomic E-state index is 0.123. The van der Waals surface area contributed by atoms with Gasteiger partial charge in [0, 0.05) is 10.9 Å². The van der Waals surface area contributed by atoms with Crippen LogP contribution in [0.2, 0.25) is 0 Å². The topological polar surface area (TPSA) is 66.9 Å². The zero-order chi connectivity index (χ0) is 12.1. The maximum absolute atomic E-state index is 10.6. The van der Waals surface area contributed by atoms with Gasteiger partial charge in [0.15, 0.2) is 0 Å². The fourth-order valence-electron chi connectivity index (χ4n) is 1.36. The Morgan fingerprint density at radius 3 is 2.81 bits per heavy atom. The van der Waals surface area contributed by atoms with Crippen molar-refractivity contribution in [3.8, 4) is 6.07 Å². The van der Waals surface area contributed by atoms with E-state index in [0.717, 1.165) is 18.4 Å². The molecule has 0 aromatic heterocycles. The molecule has 84 valence electrons. The van der Waals surface area contributed by atoms with Crippen molar-refractivity contribution in [1.29, 1.82) is 5.26 Å². The fraction of sp³-hybridized carbons (Fsp3) is 0.364. The van der Waals surface area contributed by atoms with Gasteiger partial charge in [-0.3, -0.25) is 10.1 Å². The average Bonchev–Trinajstić information content (AvgIpc) is 2.28. The van der Waals surface area contributed by atoms with Crippen LogP contribution in [0.3, 0.4) is 0 Å². The molecule has 1 atom stereocenters. The minimum Gasteiger partial charge on any atom is -0.258 e. The predicted molar refractivity (Wildman–Crippen MR) is 64.5 cm³/mol. The lowest BCUT2D eigenvalue weighted by Gasteiger charge is -2.06. The van der Waals surface area contributed by atoms with Gasteiger partial charge in [0.05, 0.1) is 4.92 Å². The molecule has 0 bridgehead atoms. The van der Waals surface area contributed by atoms with Crippen LogP contribution in [0.5, 0.6) is 0 Å². The van der Waals surface area contributed by atoms with E-state index in [1.54, 1.807) is 12.1 Å². The summed E-state index contributed by atoms with van der Waals surface area (Å²) in [6.45, 7) is 2.05. The van der Waals surface area contributed by atoms with Gasteiger partial charge in [-0.25, -0.2) is 0 Å². The largest absolute Gasteiger partial charge is 0.287 e. The van der Waals surface area contributed by atoms with E-state index < -0.39 is 4.92 Å². The Morgan fingerprint density at radius 2 is 2.31 bits per heavy atom. The molecule has 0 amide bonds. The highest BCUT2D eigenvalue weighted by atomic mass is 79.9. The lowest BCUT2D eigenvalue weighted by atomic mass is 10.0. The van der Waals surface area contributed by atoms with Crippen LogP contribution in [0, 0.1) is 21.4 Å². The molecule has 0 saturated carbocycles. The van der Waals surface area contributed by atoms with Crippen molar-refractivity contribution in [2.75, 3.05) is 0 Å². The first-order valence-electron chi connectivity index (χ1n) is 4.90. The number of nitriles is 1. The average molecular weight is 283 g/mol. The molecule has 16 heavy (non-hydrogen) atoms. The lowest BCUT2D eigenvalue weighted by molar-refractivity contribution is -0.385. The van der Waals surface area contributed by atoms with Gasteiger partial charge in [-0.1, -0.05) is 28.9 Å². The molecule has 0 spiro atoms. The normalized spacial score (nSPS) is 11.8. The van der Waals surface area contributed by atoms with Crippen LogP contribution in [-0.4, -0.2) is 9.75 Å². The number of benzene rings is 1. The fourth-order valence-corrected chi connectivity index (χ4v) is 1.73. The standard InChI is InChI=1S/C11H11BrN2O2/c1-2-10(12)6-8-3-4-11(14(15)16)9(5-8)7-13/h3-5,10H,2,6H2,1H3. The summed E-state index contributed by atoms with van der Waals surface area (Å²) in [5.41, 5.74) is 0.929. The van der Waals surface area contributed by atoms with Gasteiger partial charge in [-0.05, 0) is 24.5 Å². The summed E-state index contributed by atoms with van der Waals surface area (Å²) in [6.07, 6.45) is 1.74. The van der Waals surface area contributed by atoms with Crippen LogP contribution in [-0.2, 0) is 6.42 Å². The van der Waals surface area contributed by atoms with Crippen LogP contribution in [0.15, 0.2) is 18.2 Å². The van der Waals surface area contributed by atoms with E-state index in [4.69, 9.17) is 5.26 Å². The minimum atomic E-state index is -0.534. The molecule has 0 radical (unpaired) electrons. The SMILES string of the molecule is CCC(Br)Cc1ccc([N+](=O)[O-])c(C#N)c1. The summed E-state index contributed by atoms with van der Waals surface area (Å²) >= 11 is 3.49. The number of alkyl halides is 1. The molecule has 4 nitrogen and oxygen atoms in total. The molecule has 1 rings (SSSR count). The Hall–Kier alpha value is -1.41. The summed E-state index contributed by atoms with van der Waals surface area (Å²) in [4.78, 5) is 10.4. The molecule has 0 N–H and O–H groups in total. The van der Waals surface area contributed by atoms with E-state index in [9.17, 15) is 10.1 Å². The summed E-state index contributed by atoms with van der Waals surface area (Å²) in [5, 5.41) is 19.4. The van der Waals surface area contributed by atoms with Crippen LogP contribution in [0.25, 0.3) is 0 Å². The van der Waals surface area contributed by atoms with E-state index in [2.05, 4.69) is 22.9 Å². The van der Waals surface area contributed by atoms with E-state index in [0.29, 0.717) is 4.83 Å². The van der Waals surface area contributed by atoms with Crippen molar-refractivity contribution in [2.45, 2.75) is 24.6 Å². The molecular formula is C11H11BrN2O2. The Labute approximate surface area is 102 Å². The smallest absolute Gasteiger partial charge is 0.258 e. The van der Waals surface area contributed by atoms with Crippen LogP contribution >= 0.6 is 15.9 Å². The molecule has 0 heterocycles. The second kappa shape index (κ2) is 5.61. The molecule has 1 unspecified atom stereocenters. The second-order valence-electron chi connectivity index (χ2n) is 3.43. The van der Waals surface area contributed by atoms with E-state index >= 15 is 0 Å². The van der Waals surface area contributed by atoms with Crippen LogP contribution < -0.4 is 0 Å². The van der Waals surface area contributed by atoms with Gasteiger partial charge in [0.1, 0.15) is 11.6 Å². The lowest BCUT2D eigenvalue weighted by Crippen LogP contribution is -2.01. The third-order valence-corrected chi connectivity index (χ3v) is 3.25. The molecular weight excluding hydrogens is 272 g/mol. The zero-order valence-corrected chi connectivity index (χ0v) is 10.4. The number of nitro benzene ring substituents is 1. The first kappa shape index (κ1) is 12.7. The Morgan fingerprint density at radius 1 is 1.62 bits per heavy atom. The predicted octanol–water partition coefficient (Wildman–Crippen LogP) is 3.18. The third kappa shape index (κ3) is 3.04. The van der Waals surface area contributed by atoms with Gasteiger partial charge in [-0.15, -0.1) is 0 Å². The number of nitro groups is 1. The molecule has 0 aliphatic carbocycles. The van der Waals surface area contributed by atoms with E-state index in [-0.39, 0.29) is 11.3 Å². The van der Waals surface area contributed by atoms with Crippen LogP contribution in [0.4, 0.5) is 5.69 Å². The molecule has 1 aromatic rings. The Bertz CT molecular complexity index is 440. The molecule has 0 aliphatic rings. The van der Waals surface area contributed by atoms with E-state index in [1.165, 1.54) is 6.07 Å². The van der Waals surface area contributed by atoms with Gasteiger partial charge in [-0.2, -0.15) is 5.26 Å². The number of halogens is 1. The number of nitrogens with zero attached hydrogens (tertiary/aromatic N) is 2. The van der Waals surface area contributed by atoms with Crippen molar-refractivity contribution in [3.05, 3.63) is 39.4 Å². The van der Waals surface area contributed by atoms with Crippen molar-refractivity contribution >= 4 is 21.6 Å². The number of hydrogen-bond donors (Lipinski definition) is 0. The highest BCUT2D eigenvalue weighted by Gasteiger charge is 2.14. The first-order valence-corrected chi connectivity index (χ1v) is 5.81. The van der Waals surface area contributed by atoms with Gasteiger partial charge >= 0.3 is 0 Å². The van der Waals surface area contributed by atoms with E-state index in [1.807, 2.05) is 6.07 Å². The van der Waals surface area contributed by atoms with Crippen molar-refractivity contribution < 1.29 is 4.92 Å². The maximum atomic E-state index is 10.6. The molecule has 0 saturated heterocycles. The van der Waals surface area contributed by atoms with Gasteiger partial charge < -0.3 is 0 Å². The van der Waals surface area contributed by atoms with Crippen molar-refractivity contribution in [3.63, 3.8) is 0 Å². The highest BCUT2D eigenvalue weighted by Crippen LogP contribution is 2.21. The van der Waals surface area contributed by atoms with Crippen molar-refractivity contribution in [1.82, 2.24) is 0 Å². The molecule has 5 heteroatoms. The Kier molecular flexibility index (Phi) is 4.44. The summed E-state index contributed by atoms with van der Waals surface area (Å²) < 4.78 is 0. The van der Waals surface area contributed by atoms with Gasteiger partial charge in [0.25, 0.3) is 5.69 Å². The zero-order valence-electron chi connectivity index (χ0n) is 8.81. The summed E-state index contributed by atoms with van der Waals surface area (Å²) in [5.74, 6) is 0. The molecule has 0 aliphatic heterocycles. The summed E-state index contributed by atoms with van der Waals surface area (Å²) in [6, 6.07) is 6.53. The first-order chi connectivity index (χ1) is 7.58.